The van der Waals surface area contributed by atoms with E-state index in [2.05, 4.69) is 41.9 Å². The number of methoxy groups -OCH3 is 1. The Kier molecular flexibility index (Phi) is 6.22. The predicted molar refractivity (Wildman–Crippen MR) is 89.8 cm³/mol. The van der Waals surface area contributed by atoms with E-state index in [9.17, 15) is 0 Å². The molecule has 0 aliphatic rings. The highest BCUT2D eigenvalue weighted by Crippen LogP contribution is 2.21. The lowest BCUT2D eigenvalue weighted by Gasteiger charge is -2.07. The van der Waals surface area contributed by atoms with E-state index in [0.717, 1.165) is 18.8 Å². The number of hydrogen-bond acceptors (Lipinski definition) is 3. The van der Waals surface area contributed by atoms with Crippen molar-refractivity contribution in [3.8, 4) is 5.75 Å². The Bertz CT molecular complexity index is 542. The number of hydrogen-bond donors (Lipinski definition) is 1. The van der Waals surface area contributed by atoms with E-state index < -0.39 is 0 Å². The molecule has 3 heteroatoms. The first-order valence-electron chi connectivity index (χ1n) is 7.10. The molecule has 108 valence electrons. The third-order valence-corrected chi connectivity index (χ3v) is 4.09. The van der Waals surface area contributed by atoms with Crippen molar-refractivity contribution in [3.63, 3.8) is 0 Å². The van der Waals surface area contributed by atoms with Crippen LogP contribution in [-0.2, 0) is 6.54 Å². The summed E-state index contributed by atoms with van der Waals surface area (Å²) in [6.07, 6.45) is 4.72. The maximum atomic E-state index is 5.25. The second-order valence-electron chi connectivity index (χ2n) is 4.92. The van der Waals surface area contributed by atoms with Crippen molar-refractivity contribution in [3.05, 3.63) is 42.0 Å². The Labute approximate surface area is 125 Å². The van der Waals surface area contributed by atoms with Crippen LogP contribution in [0.2, 0.25) is 0 Å². The van der Waals surface area contributed by atoms with Crippen LogP contribution in [0.25, 0.3) is 10.8 Å². The maximum absolute atomic E-state index is 5.25. The minimum absolute atomic E-state index is 0.914. The summed E-state index contributed by atoms with van der Waals surface area (Å²) in [4.78, 5) is 0. The van der Waals surface area contributed by atoms with Crippen LogP contribution in [-0.4, -0.2) is 25.7 Å². The fourth-order valence-corrected chi connectivity index (χ4v) is 2.73. The first-order chi connectivity index (χ1) is 9.83. The van der Waals surface area contributed by atoms with Gasteiger partial charge in [0, 0.05) is 6.54 Å². The summed E-state index contributed by atoms with van der Waals surface area (Å²) in [5, 5.41) is 6.01. The number of thioether (sulfide) groups is 1. The molecular formula is C17H23NOS. The third kappa shape index (κ3) is 4.43. The van der Waals surface area contributed by atoms with Crippen LogP contribution in [0.4, 0.5) is 0 Å². The van der Waals surface area contributed by atoms with Gasteiger partial charge in [-0.05, 0) is 65.9 Å². The van der Waals surface area contributed by atoms with Crippen LogP contribution in [0.3, 0.4) is 0 Å². The van der Waals surface area contributed by atoms with E-state index in [1.165, 1.54) is 34.9 Å². The summed E-state index contributed by atoms with van der Waals surface area (Å²) in [6.45, 7) is 2.04. The van der Waals surface area contributed by atoms with E-state index in [4.69, 9.17) is 4.74 Å². The summed E-state index contributed by atoms with van der Waals surface area (Å²) < 4.78 is 5.25. The Morgan fingerprint density at radius 1 is 1.05 bits per heavy atom. The summed E-state index contributed by atoms with van der Waals surface area (Å²) in [6, 6.07) is 12.8. The molecule has 0 heterocycles. The van der Waals surface area contributed by atoms with Crippen molar-refractivity contribution < 1.29 is 4.74 Å². The molecule has 0 unspecified atom stereocenters. The molecule has 0 aliphatic heterocycles. The monoisotopic (exact) mass is 289 g/mol. The molecule has 2 aromatic rings. The summed E-state index contributed by atoms with van der Waals surface area (Å²) in [7, 11) is 1.70. The zero-order valence-corrected chi connectivity index (χ0v) is 13.1. The number of unbranched alkanes of at least 4 members (excludes halogenated alkanes) is 1. The zero-order chi connectivity index (χ0) is 14.2. The van der Waals surface area contributed by atoms with Crippen LogP contribution >= 0.6 is 11.8 Å². The zero-order valence-electron chi connectivity index (χ0n) is 12.3. The van der Waals surface area contributed by atoms with Gasteiger partial charge in [-0.15, -0.1) is 0 Å². The molecule has 0 atom stereocenters. The lowest BCUT2D eigenvalue weighted by Crippen LogP contribution is -2.14. The van der Waals surface area contributed by atoms with Gasteiger partial charge in [-0.2, -0.15) is 11.8 Å². The Balaban J connectivity index is 1.88. The van der Waals surface area contributed by atoms with Crippen LogP contribution in [0.1, 0.15) is 18.4 Å². The van der Waals surface area contributed by atoms with Gasteiger partial charge >= 0.3 is 0 Å². The summed E-state index contributed by atoms with van der Waals surface area (Å²) in [5.41, 5.74) is 1.34. The first-order valence-corrected chi connectivity index (χ1v) is 8.49. The van der Waals surface area contributed by atoms with Gasteiger partial charge in [-0.1, -0.05) is 18.2 Å². The van der Waals surface area contributed by atoms with Crippen molar-refractivity contribution in [2.24, 2.45) is 0 Å². The highest BCUT2D eigenvalue weighted by molar-refractivity contribution is 7.98. The quantitative estimate of drug-likeness (QED) is 0.740. The summed E-state index contributed by atoms with van der Waals surface area (Å²) in [5.74, 6) is 2.18. The fraction of sp³-hybridized carbons (Fsp3) is 0.412. The molecule has 0 saturated heterocycles. The van der Waals surface area contributed by atoms with Crippen LogP contribution < -0.4 is 10.1 Å². The number of ether oxygens (including phenoxy) is 1. The molecule has 0 saturated carbocycles. The molecule has 0 spiro atoms. The van der Waals surface area contributed by atoms with Crippen molar-refractivity contribution in [1.82, 2.24) is 5.32 Å². The maximum Gasteiger partial charge on any atom is 0.119 e. The largest absolute Gasteiger partial charge is 0.497 e. The van der Waals surface area contributed by atoms with Crippen molar-refractivity contribution in [2.45, 2.75) is 19.4 Å². The molecule has 1 N–H and O–H groups in total. The number of fused-ring (bicyclic) bond motifs is 1. The lowest BCUT2D eigenvalue weighted by atomic mass is 10.1. The van der Waals surface area contributed by atoms with E-state index in [-0.39, 0.29) is 0 Å². The molecule has 0 aliphatic carbocycles. The molecule has 2 aromatic carbocycles. The van der Waals surface area contributed by atoms with E-state index >= 15 is 0 Å². The Morgan fingerprint density at radius 3 is 2.65 bits per heavy atom. The van der Waals surface area contributed by atoms with Crippen molar-refractivity contribution in [2.75, 3.05) is 25.7 Å². The fourth-order valence-electron chi connectivity index (χ4n) is 2.24. The second kappa shape index (κ2) is 8.18. The minimum Gasteiger partial charge on any atom is -0.497 e. The van der Waals surface area contributed by atoms with Gasteiger partial charge in [0.15, 0.2) is 0 Å². The standard InChI is InChI=1S/C17H23NOS/c1-19-17-8-7-15-11-14(5-6-16(15)12-17)13-18-9-3-4-10-20-2/h5-8,11-12,18H,3-4,9-10,13H2,1-2H3. The minimum atomic E-state index is 0.914. The number of nitrogens with one attached hydrogen (secondary N) is 1. The Hall–Kier alpha value is -1.19. The third-order valence-electron chi connectivity index (χ3n) is 3.39. The van der Waals surface area contributed by atoms with Gasteiger partial charge < -0.3 is 10.1 Å². The van der Waals surface area contributed by atoms with Crippen LogP contribution in [0.5, 0.6) is 5.75 Å². The van der Waals surface area contributed by atoms with Gasteiger partial charge in [-0.3, -0.25) is 0 Å². The number of benzene rings is 2. The average Bonchev–Trinajstić information content (AvgIpc) is 2.50. The molecule has 2 nitrogen and oxygen atoms in total. The highest BCUT2D eigenvalue weighted by atomic mass is 32.2. The molecule has 20 heavy (non-hydrogen) atoms. The highest BCUT2D eigenvalue weighted by Gasteiger charge is 1.99. The molecule has 0 aromatic heterocycles. The lowest BCUT2D eigenvalue weighted by molar-refractivity contribution is 0.415. The molecular weight excluding hydrogens is 266 g/mol. The van der Waals surface area contributed by atoms with E-state index in [1.54, 1.807) is 7.11 Å². The normalized spacial score (nSPS) is 10.9. The van der Waals surface area contributed by atoms with E-state index in [1.807, 2.05) is 17.8 Å². The van der Waals surface area contributed by atoms with Gasteiger partial charge in [0.2, 0.25) is 0 Å². The Morgan fingerprint density at radius 2 is 1.85 bits per heavy atom. The van der Waals surface area contributed by atoms with Crippen LogP contribution in [0, 0.1) is 0 Å². The van der Waals surface area contributed by atoms with Gasteiger partial charge in [0.05, 0.1) is 7.11 Å². The van der Waals surface area contributed by atoms with Gasteiger partial charge in [0.25, 0.3) is 0 Å². The average molecular weight is 289 g/mol. The van der Waals surface area contributed by atoms with Gasteiger partial charge in [-0.25, -0.2) is 0 Å². The molecule has 0 bridgehead atoms. The summed E-state index contributed by atoms with van der Waals surface area (Å²) >= 11 is 1.92. The molecule has 2 rings (SSSR count). The van der Waals surface area contributed by atoms with Crippen molar-refractivity contribution >= 4 is 22.5 Å². The smallest absolute Gasteiger partial charge is 0.119 e. The predicted octanol–water partition coefficient (Wildman–Crippen LogP) is 4.08. The number of rotatable bonds is 8. The molecule has 0 amide bonds. The van der Waals surface area contributed by atoms with Gasteiger partial charge in [0.1, 0.15) is 5.75 Å². The molecule has 0 fully saturated rings. The SMILES string of the molecule is COc1ccc2cc(CNCCCCSC)ccc2c1. The second-order valence-corrected chi connectivity index (χ2v) is 5.91. The first kappa shape index (κ1) is 15.2. The molecule has 0 radical (unpaired) electrons. The van der Waals surface area contributed by atoms with Crippen molar-refractivity contribution in [1.29, 1.82) is 0 Å². The van der Waals surface area contributed by atoms with E-state index in [0.29, 0.717) is 0 Å². The topological polar surface area (TPSA) is 21.3 Å². The van der Waals surface area contributed by atoms with Crippen LogP contribution in [0.15, 0.2) is 36.4 Å².